The molecular formula is C17H15N3O. The lowest BCUT2D eigenvalue weighted by Crippen LogP contribution is -2.05. The maximum absolute atomic E-state index is 11.1. The number of aromatic nitrogens is 2. The Morgan fingerprint density at radius 1 is 1.19 bits per heavy atom. The summed E-state index contributed by atoms with van der Waals surface area (Å²) in [6.07, 6.45) is 5.00. The molecule has 0 saturated carbocycles. The van der Waals surface area contributed by atoms with Crippen molar-refractivity contribution in [2.45, 2.75) is 6.92 Å². The van der Waals surface area contributed by atoms with E-state index in [1.807, 2.05) is 60.0 Å². The Kier molecular flexibility index (Phi) is 3.28. The summed E-state index contributed by atoms with van der Waals surface area (Å²) in [6, 6.07) is 13.9. The van der Waals surface area contributed by atoms with Crippen molar-refractivity contribution in [2.24, 2.45) is 5.73 Å². The fourth-order valence-electron chi connectivity index (χ4n) is 2.35. The second kappa shape index (κ2) is 5.25. The average Bonchev–Trinajstić information content (AvgIpc) is 2.86. The van der Waals surface area contributed by atoms with Gasteiger partial charge in [0.05, 0.1) is 11.4 Å². The highest BCUT2D eigenvalue weighted by molar-refractivity contribution is 5.91. The molecule has 2 aromatic heterocycles. The standard InChI is InChI=1S/C17H15N3O/c1-12-6-5-11-20-14(9-10-15(18)21)16(19-17(12)20)13-7-3-2-4-8-13/h2-11H,1H3,(H2,18,21)/b10-9+. The number of imidazole rings is 1. The van der Waals surface area contributed by atoms with Crippen LogP contribution in [0.5, 0.6) is 0 Å². The molecule has 0 saturated heterocycles. The van der Waals surface area contributed by atoms with Crippen molar-refractivity contribution in [2.75, 3.05) is 0 Å². The molecule has 4 heteroatoms. The minimum Gasteiger partial charge on any atom is -0.366 e. The lowest BCUT2D eigenvalue weighted by Gasteiger charge is -2.00. The van der Waals surface area contributed by atoms with Crippen molar-refractivity contribution in [3.8, 4) is 11.3 Å². The third-order valence-electron chi connectivity index (χ3n) is 3.33. The Hall–Kier alpha value is -2.88. The molecule has 0 radical (unpaired) electrons. The number of fused-ring (bicyclic) bond motifs is 1. The molecule has 0 spiro atoms. The average molecular weight is 277 g/mol. The summed E-state index contributed by atoms with van der Waals surface area (Å²) in [5.41, 5.74) is 9.85. The van der Waals surface area contributed by atoms with Crippen LogP contribution in [0.3, 0.4) is 0 Å². The highest BCUT2D eigenvalue weighted by atomic mass is 16.1. The first-order valence-electron chi connectivity index (χ1n) is 6.67. The summed E-state index contributed by atoms with van der Waals surface area (Å²) in [5.74, 6) is -0.475. The molecule has 3 aromatic rings. The van der Waals surface area contributed by atoms with Gasteiger partial charge >= 0.3 is 0 Å². The number of nitrogens with zero attached hydrogens (tertiary/aromatic N) is 2. The lowest BCUT2D eigenvalue weighted by atomic mass is 10.1. The fourth-order valence-corrected chi connectivity index (χ4v) is 2.35. The molecule has 0 fully saturated rings. The van der Waals surface area contributed by atoms with Crippen molar-refractivity contribution in [3.63, 3.8) is 0 Å². The number of hydrogen-bond donors (Lipinski definition) is 1. The maximum Gasteiger partial charge on any atom is 0.241 e. The van der Waals surface area contributed by atoms with E-state index in [-0.39, 0.29) is 0 Å². The van der Waals surface area contributed by atoms with Crippen molar-refractivity contribution in [1.82, 2.24) is 9.38 Å². The molecule has 0 aliphatic rings. The van der Waals surface area contributed by atoms with E-state index in [0.717, 1.165) is 28.2 Å². The Balaban J connectivity index is 2.30. The van der Waals surface area contributed by atoms with Gasteiger partial charge in [0.15, 0.2) is 0 Å². The Morgan fingerprint density at radius 2 is 1.95 bits per heavy atom. The zero-order valence-electron chi connectivity index (χ0n) is 11.7. The van der Waals surface area contributed by atoms with E-state index < -0.39 is 5.91 Å². The van der Waals surface area contributed by atoms with Crippen molar-refractivity contribution in [3.05, 3.63) is 66.0 Å². The lowest BCUT2D eigenvalue weighted by molar-refractivity contribution is -0.113. The van der Waals surface area contributed by atoms with Crippen molar-refractivity contribution >= 4 is 17.6 Å². The number of hydrogen-bond acceptors (Lipinski definition) is 2. The zero-order valence-corrected chi connectivity index (χ0v) is 11.7. The van der Waals surface area contributed by atoms with Crippen LogP contribution >= 0.6 is 0 Å². The van der Waals surface area contributed by atoms with Crippen LogP contribution in [0.2, 0.25) is 0 Å². The highest BCUT2D eigenvalue weighted by Crippen LogP contribution is 2.26. The molecule has 0 unspecified atom stereocenters. The summed E-state index contributed by atoms with van der Waals surface area (Å²) in [5, 5.41) is 0. The number of benzene rings is 1. The second-order valence-corrected chi connectivity index (χ2v) is 4.83. The largest absolute Gasteiger partial charge is 0.366 e. The second-order valence-electron chi connectivity index (χ2n) is 4.83. The predicted octanol–water partition coefficient (Wildman–Crippen LogP) is 2.81. The Morgan fingerprint density at radius 3 is 2.67 bits per heavy atom. The van der Waals surface area contributed by atoms with E-state index in [9.17, 15) is 4.79 Å². The molecule has 0 bridgehead atoms. The summed E-state index contributed by atoms with van der Waals surface area (Å²) in [7, 11) is 0. The molecule has 1 aromatic carbocycles. The normalized spacial score (nSPS) is 11.3. The SMILES string of the molecule is Cc1cccn2c(/C=C/C(N)=O)c(-c3ccccc3)nc12. The molecule has 0 aliphatic heterocycles. The number of rotatable bonds is 3. The van der Waals surface area contributed by atoms with Crippen molar-refractivity contribution < 1.29 is 4.79 Å². The molecule has 104 valence electrons. The van der Waals surface area contributed by atoms with Gasteiger partial charge in [-0.3, -0.25) is 9.20 Å². The molecule has 0 atom stereocenters. The van der Waals surface area contributed by atoms with Gasteiger partial charge in [-0.15, -0.1) is 0 Å². The summed E-state index contributed by atoms with van der Waals surface area (Å²) < 4.78 is 1.97. The van der Waals surface area contributed by atoms with E-state index in [2.05, 4.69) is 0 Å². The molecule has 4 nitrogen and oxygen atoms in total. The van der Waals surface area contributed by atoms with E-state index in [1.165, 1.54) is 6.08 Å². The molecular weight excluding hydrogens is 262 g/mol. The van der Waals surface area contributed by atoms with Gasteiger partial charge in [0, 0.05) is 17.8 Å². The van der Waals surface area contributed by atoms with Crippen LogP contribution in [0.4, 0.5) is 0 Å². The molecule has 3 rings (SSSR count). The van der Waals surface area contributed by atoms with E-state index in [0.29, 0.717) is 0 Å². The monoisotopic (exact) mass is 277 g/mol. The predicted molar refractivity (Wildman–Crippen MR) is 83.6 cm³/mol. The number of pyridine rings is 1. The van der Waals surface area contributed by atoms with E-state index in [4.69, 9.17) is 10.7 Å². The smallest absolute Gasteiger partial charge is 0.241 e. The molecule has 2 N–H and O–H groups in total. The Bertz CT molecular complexity index is 832. The van der Waals surface area contributed by atoms with Crippen LogP contribution in [0, 0.1) is 6.92 Å². The van der Waals surface area contributed by atoms with E-state index >= 15 is 0 Å². The van der Waals surface area contributed by atoms with Crippen LogP contribution in [0.25, 0.3) is 23.0 Å². The first kappa shape index (κ1) is 13.1. The van der Waals surface area contributed by atoms with Crippen LogP contribution < -0.4 is 5.73 Å². The summed E-state index contributed by atoms with van der Waals surface area (Å²) >= 11 is 0. The van der Waals surface area contributed by atoms with Gasteiger partial charge in [-0.1, -0.05) is 36.4 Å². The van der Waals surface area contributed by atoms with Gasteiger partial charge in [-0.25, -0.2) is 4.98 Å². The number of primary amides is 1. The van der Waals surface area contributed by atoms with Gasteiger partial charge < -0.3 is 5.73 Å². The van der Waals surface area contributed by atoms with Gasteiger partial charge in [0.25, 0.3) is 0 Å². The third-order valence-corrected chi connectivity index (χ3v) is 3.33. The minimum atomic E-state index is -0.475. The molecule has 0 aliphatic carbocycles. The summed E-state index contributed by atoms with van der Waals surface area (Å²) in [6.45, 7) is 2.01. The van der Waals surface area contributed by atoms with Crippen molar-refractivity contribution in [1.29, 1.82) is 0 Å². The fraction of sp³-hybridized carbons (Fsp3) is 0.0588. The number of carbonyl (C=O) groups excluding carboxylic acids is 1. The highest BCUT2D eigenvalue weighted by Gasteiger charge is 2.12. The van der Waals surface area contributed by atoms with Gasteiger partial charge in [0.1, 0.15) is 5.65 Å². The van der Waals surface area contributed by atoms with Crippen LogP contribution in [-0.2, 0) is 4.79 Å². The molecule has 1 amide bonds. The number of aryl methyl sites for hydroxylation is 1. The number of nitrogens with two attached hydrogens (primary N) is 1. The van der Waals surface area contributed by atoms with Crippen LogP contribution in [-0.4, -0.2) is 15.3 Å². The Labute approximate surface area is 122 Å². The topological polar surface area (TPSA) is 60.4 Å². The summed E-state index contributed by atoms with van der Waals surface area (Å²) in [4.78, 5) is 15.8. The first-order valence-corrected chi connectivity index (χ1v) is 6.67. The number of amides is 1. The van der Waals surface area contributed by atoms with Crippen LogP contribution in [0.15, 0.2) is 54.7 Å². The maximum atomic E-state index is 11.1. The molecule has 21 heavy (non-hydrogen) atoms. The van der Waals surface area contributed by atoms with Crippen LogP contribution in [0.1, 0.15) is 11.3 Å². The zero-order chi connectivity index (χ0) is 14.8. The number of carbonyl (C=O) groups is 1. The third kappa shape index (κ3) is 2.43. The van der Waals surface area contributed by atoms with Gasteiger partial charge in [-0.2, -0.15) is 0 Å². The van der Waals surface area contributed by atoms with E-state index in [1.54, 1.807) is 6.08 Å². The van der Waals surface area contributed by atoms with Gasteiger partial charge in [-0.05, 0) is 24.6 Å². The minimum absolute atomic E-state index is 0.475. The van der Waals surface area contributed by atoms with Gasteiger partial charge in [0.2, 0.25) is 5.91 Å². The first-order chi connectivity index (χ1) is 10.2. The molecule has 2 heterocycles. The quantitative estimate of drug-likeness (QED) is 0.748.